The van der Waals surface area contributed by atoms with E-state index in [-0.39, 0.29) is 27.2 Å². The van der Waals surface area contributed by atoms with Gasteiger partial charge in [0.05, 0.1) is 10.6 Å². The van der Waals surface area contributed by atoms with Gasteiger partial charge in [-0.15, -0.1) is 0 Å². The van der Waals surface area contributed by atoms with E-state index in [1.165, 1.54) is 42.3 Å². The van der Waals surface area contributed by atoms with E-state index in [2.05, 4.69) is 5.32 Å². The van der Waals surface area contributed by atoms with E-state index in [9.17, 15) is 18.0 Å². The molecular formula is C25H24Cl3N3O4S. The van der Waals surface area contributed by atoms with Crippen LogP contribution in [0.2, 0.25) is 15.1 Å². The Bertz CT molecular complexity index is 1320. The number of hydrogen-bond donors (Lipinski definition) is 1. The van der Waals surface area contributed by atoms with Gasteiger partial charge in [-0.1, -0.05) is 65.1 Å². The quantitative estimate of drug-likeness (QED) is 0.393. The summed E-state index contributed by atoms with van der Waals surface area (Å²) in [7, 11) is -2.73. The first-order valence-electron chi connectivity index (χ1n) is 10.8. The second-order valence-electron chi connectivity index (χ2n) is 7.89. The molecule has 1 atom stereocenters. The Hall–Kier alpha value is -2.78. The van der Waals surface area contributed by atoms with Crippen LogP contribution in [0.1, 0.15) is 12.5 Å². The molecule has 0 aromatic heterocycles. The van der Waals surface area contributed by atoms with E-state index >= 15 is 0 Å². The van der Waals surface area contributed by atoms with E-state index in [1.54, 1.807) is 49.4 Å². The predicted octanol–water partition coefficient (Wildman–Crippen LogP) is 5.01. The molecule has 0 unspecified atom stereocenters. The van der Waals surface area contributed by atoms with Crippen molar-refractivity contribution in [3.8, 4) is 0 Å². The first-order chi connectivity index (χ1) is 17.0. The Morgan fingerprint density at radius 1 is 0.889 bits per heavy atom. The molecule has 11 heteroatoms. The zero-order valence-electron chi connectivity index (χ0n) is 19.5. The van der Waals surface area contributed by atoms with Gasteiger partial charge in [0, 0.05) is 28.7 Å². The summed E-state index contributed by atoms with van der Waals surface area (Å²) < 4.78 is 28.2. The van der Waals surface area contributed by atoms with Crippen molar-refractivity contribution in [3.63, 3.8) is 0 Å². The number of nitrogens with zero attached hydrogens (tertiary/aromatic N) is 2. The SMILES string of the molecule is CNC(=O)[C@@H](C)N(Cc1ccc(Cl)cc1)C(=O)CN(c1cc(Cl)cc(Cl)c1)S(=O)(=O)c1ccccc1. The van der Waals surface area contributed by atoms with Crippen LogP contribution in [-0.4, -0.2) is 44.8 Å². The van der Waals surface area contributed by atoms with Crippen LogP contribution in [0.15, 0.2) is 77.7 Å². The number of likely N-dealkylation sites (N-methyl/N-ethyl adjacent to an activating group) is 1. The minimum absolute atomic E-state index is 0.0162. The number of sulfonamides is 1. The van der Waals surface area contributed by atoms with E-state index in [1.807, 2.05) is 0 Å². The number of carbonyl (C=O) groups is 2. The van der Waals surface area contributed by atoms with Gasteiger partial charge in [-0.25, -0.2) is 8.42 Å². The third kappa shape index (κ3) is 6.70. The van der Waals surface area contributed by atoms with Crippen molar-refractivity contribution in [3.05, 3.63) is 93.4 Å². The van der Waals surface area contributed by atoms with Crippen molar-refractivity contribution in [2.45, 2.75) is 24.4 Å². The number of amides is 2. The van der Waals surface area contributed by atoms with Gasteiger partial charge in [-0.2, -0.15) is 0 Å². The van der Waals surface area contributed by atoms with Crippen LogP contribution >= 0.6 is 34.8 Å². The lowest BCUT2D eigenvalue weighted by molar-refractivity contribution is -0.139. The highest BCUT2D eigenvalue weighted by molar-refractivity contribution is 7.92. The lowest BCUT2D eigenvalue weighted by atomic mass is 10.1. The monoisotopic (exact) mass is 567 g/mol. The average molecular weight is 569 g/mol. The van der Waals surface area contributed by atoms with Crippen LogP contribution in [0.25, 0.3) is 0 Å². The van der Waals surface area contributed by atoms with Crippen molar-refractivity contribution in [1.82, 2.24) is 10.2 Å². The van der Waals surface area contributed by atoms with Crippen molar-refractivity contribution >= 4 is 62.3 Å². The summed E-state index contributed by atoms with van der Waals surface area (Å²) in [5, 5.41) is 3.46. The van der Waals surface area contributed by atoms with Gasteiger partial charge in [0.1, 0.15) is 12.6 Å². The first kappa shape index (κ1) is 27.8. The summed E-state index contributed by atoms with van der Waals surface area (Å²) in [4.78, 5) is 27.4. The van der Waals surface area contributed by atoms with Gasteiger partial charge in [-0.3, -0.25) is 13.9 Å². The molecule has 0 bridgehead atoms. The van der Waals surface area contributed by atoms with Crippen LogP contribution in [0.5, 0.6) is 0 Å². The topological polar surface area (TPSA) is 86.8 Å². The van der Waals surface area contributed by atoms with Crippen molar-refractivity contribution in [2.24, 2.45) is 0 Å². The average Bonchev–Trinajstić information content (AvgIpc) is 2.85. The Morgan fingerprint density at radius 2 is 1.47 bits per heavy atom. The van der Waals surface area contributed by atoms with E-state index in [0.29, 0.717) is 10.6 Å². The molecule has 1 N–H and O–H groups in total. The molecular weight excluding hydrogens is 545 g/mol. The smallest absolute Gasteiger partial charge is 0.264 e. The molecule has 0 fully saturated rings. The summed E-state index contributed by atoms with van der Waals surface area (Å²) in [6, 6.07) is 17.9. The maximum atomic E-state index is 13.7. The molecule has 2 amide bonds. The summed E-state index contributed by atoms with van der Waals surface area (Å²) in [5.74, 6) is -1.00. The van der Waals surface area contributed by atoms with Crippen molar-refractivity contribution in [1.29, 1.82) is 0 Å². The highest BCUT2D eigenvalue weighted by Crippen LogP contribution is 2.30. The van der Waals surface area contributed by atoms with E-state index in [0.717, 1.165) is 4.31 Å². The van der Waals surface area contributed by atoms with Gasteiger partial charge in [0.25, 0.3) is 10.0 Å². The molecule has 190 valence electrons. The molecule has 0 saturated carbocycles. The molecule has 7 nitrogen and oxygen atoms in total. The fourth-order valence-electron chi connectivity index (χ4n) is 3.51. The van der Waals surface area contributed by atoms with Gasteiger partial charge in [0.15, 0.2) is 0 Å². The fraction of sp³-hybridized carbons (Fsp3) is 0.200. The third-order valence-corrected chi connectivity index (χ3v) is 7.90. The minimum Gasteiger partial charge on any atom is -0.357 e. The molecule has 0 saturated heterocycles. The molecule has 0 spiro atoms. The van der Waals surface area contributed by atoms with E-state index in [4.69, 9.17) is 34.8 Å². The maximum Gasteiger partial charge on any atom is 0.264 e. The number of rotatable bonds is 9. The normalized spacial score (nSPS) is 12.0. The number of anilines is 1. The zero-order chi connectivity index (χ0) is 26.5. The summed E-state index contributed by atoms with van der Waals surface area (Å²) in [6.45, 7) is 1.03. The molecule has 0 aliphatic carbocycles. The summed E-state index contributed by atoms with van der Waals surface area (Å²) in [5.41, 5.74) is 0.829. The minimum atomic E-state index is -4.20. The van der Waals surface area contributed by atoms with Gasteiger partial charge in [-0.05, 0) is 55.0 Å². The molecule has 0 aliphatic heterocycles. The first-order valence-corrected chi connectivity index (χ1v) is 13.4. The zero-order valence-corrected chi connectivity index (χ0v) is 22.6. The largest absolute Gasteiger partial charge is 0.357 e. The number of hydrogen-bond acceptors (Lipinski definition) is 4. The van der Waals surface area contributed by atoms with Crippen LogP contribution in [-0.2, 0) is 26.2 Å². The highest BCUT2D eigenvalue weighted by atomic mass is 35.5. The number of benzene rings is 3. The molecule has 0 aliphatic rings. The molecule has 0 heterocycles. The van der Waals surface area contributed by atoms with Gasteiger partial charge < -0.3 is 10.2 Å². The van der Waals surface area contributed by atoms with Crippen molar-refractivity contribution < 1.29 is 18.0 Å². The number of nitrogens with one attached hydrogen (secondary N) is 1. The lowest BCUT2D eigenvalue weighted by Gasteiger charge is -2.32. The summed E-state index contributed by atoms with van der Waals surface area (Å²) in [6.07, 6.45) is 0. The Balaban J connectivity index is 2.05. The van der Waals surface area contributed by atoms with Crippen molar-refractivity contribution in [2.75, 3.05) is 17.9 Å². The summed E-state index contributed by atoms with van der Waals surface area (Å²) >= 11 is 18.3. The molecule has 3 aromatic rings. The molecule has 3 rings (SSSR count). The molecule has 0 radical (unpaired) electrons. The Labute approximate surface area is 225 Å². The standard InChI is InChI=1S/C25H24Cl3N3O4S/c1-17(25(33)29-2)30(15-18-8-10-19(26)11-9-18)24(32)16-31(22-13-20(27)12-21(28)14-22)36(34,35)23-6-4-3-5-7-23/h3-14,17H,15-16H2,1-2H3,(H,29,33)/t17-/m1/s1. The maximum absolute atomic E-state index is 13.7. The number of halogens is 3. The van der Waals surface area contributed by atoms with E-state index < -0.39 is 34.4 Å². The second-order valence-corrected chi connectivity index (χ2v) is 11.1. The third-order valence-electron chi connectivity index (χ3n) is 5.43. The highest BCUT2D eigenvalue weighted by Gasteiger charge is 2.32. The van der Waals surface area contributed by atoms with Crippen LogP contribution < -0.4 is 9.62 Å². The second kappa shape index (κ2) is 12.0. The molecule has 36 heavy (non-hydrogen) atoms. The van der Waals surface area contributed by atoms with Crippen LogP contribution in [0.4, 0.5) is 5.69 Å². The number of carbonyl (C=O) groups excluding carboxylic acids is 2. The Morgan fingerprint density at radius 3 is 2.03 bits per heavy atom. The van der Waals surface area contributed by atoms with Crippen LogP contribution in [0, 0.1) is 0 Å². The van der Waals surface area contributed by atoms with Crippen LogP contribution in [0.3, 0.4) is 0 Å². The van der Waals surface area contributed by atoms with Gasteiger partial charge in [0.2, 0.25) is 11.8 Å². The van der Waals surface area contributed by atoms with Gasteiger partial charge >= 0.3 is 0 Å². The predicted molar refractivity (Wildman–Crippen MR) is 143 cm³/mol. The lowest BCUT2D eigenvalue weighted by Crippen LogP contribution is -2.50. The fourth-order valence-corrected chi connectivity index (χ4v) is 5.57. The Kier molecular flexibility index (Phi) is 9.24. The molecule has 3 aromatic carbocycles.